The molecular formula is C14H14N2O3. The number of aromatic carboxylic acids is 1. The Hall–Kier alpha value is -2.56. The lowest BCUT2D eigenvalue weighted by atomic mass is 10.2. The maximum absolute atomic E-state index is 10.8. The molecule has 5 nitrogen and oxygen atoms in total. The normalized spacial score (nSPS) is 9.95. The molecule has 0 aliphatic rings. The van der Waals surface area contributed by atoms with Crippen LogP contribution in [0.1, 0.15) is 16.1 Å². The molecule has 0 bridgehead atoms. The summed E-state index contributed by atoms with van der Waals surface area (Å²) in [6, 6.07) is 10.9. The third-order valence-corrected chi connectivity index (χ3v) is 2.63. The molecule has 0 radical (unpaired) electrons. The van der Waals surface area contributed by atoms with E-state index in [1.54, 1.807) is 13.2 Å². The SMILES string of the molecule is COc1ccc(CNc2ccnc(C(=O)O)c2)cc1. The number of carboxylic acids is 1. The van der Waals surface area contributed by atoms with Crippen LogP contribution in [0.25, 0.3) is 0 Å². The van der Waals surface area contributed by atoms with Gasteiger partial charge in [0.1, 0.15) is 11.4 Å². The van der Waals surface area contributed by atoms with Crippen LogP contribution in [0.4, 0.5) is 5.69 Å². The maximum Gasteiger partial charge on any atom is 0.354 e. The molecule has 0 atom stereocenters. The molecule has 2 aromatic rings. The Bertz CT molecular complexity index is 567. The first kappa shape index (κ1) is 12.9. The number of anilines is 1. The zero-order valence-corrected chi connectivity index (χ0v) is 10.5. The lowest BCUT2D eigenvalue weighted by molar-refractivity contribution is 0.0690. The van der Waals surface area contributed by atoms with Crippen molar-refractivity contribution >= 4 is 11.7 Å². The summed E-state index contributed by atoms with van der Waals surface area (Å²) in [5, 5.41) is 12.0. The topological polar surface area (TPSA) is 71.5 Å². The van der Waals surface area contributed by atoms with E-state index in [0.717, 1.165) is 17.0 Å². The van der Waals surface area contributed by atoms with E-state index in [1.165, 1.54) is 12.3 Å². The van der Waals surface area contributed by atoms with Crippen LogP contribution in [0, 0.1) is 0 Å². The van der Waals surface area contributed by atoms with Crippen LogP contribution >= 0.6 is 0 Å². The van der Waals surface area contributed by atoms with Crippen molar-refractivity contribution < 1.29 is 14.6 Å². The fourth-order valence-corrected chi connectivity index (χ4v) is 1.60. The Labute approximate surface area is 110 Å². The summed E-state index contributed by atoms with van der Waals surface area (Å²) in [5.41, 5.74) is 1.83. The number of pyridine rings is 1. The number of carboxylic acid groups (broad SMARTS) is 1. The molecule has 1 aromatic carbocycles. The van der Waals surface area contributed by atoms with Crippen LogP contribution < -0.4 is 10.1 Å². The highest BCUT2D eigenvalue weighted by molar-refractivity contribution is 5.86. The summed E-state index contributed by atoms with van der Waals surface area (Å²) < 4.78 is 5.08. The van der Waals surface area contributed by atoms with Gasteiger partial charge in [0.05, 0.1) is 7.11 Å². The van der Waals surface area contributed by atoms with Gasteiger partial charge in [0.25, 0.3) is 0 Å². The van der Waals surface area contributed by atoms with Gasteiger partial charge in [-0.3, -0.25) is 0 Å². The van der Waals surface area contributed by atoms with E-state index in [2.05, 4.69) is 10.3 Å². The molecule has 0 spiro atoms. The first-order valence-electron chi connectivity index (χ1n) is 5.75. The number of nitrogens with one attached hydrogen (secondary N) is 1. The van der Waals surface area contributed by atoms with Gasteiger partial charge in [-0.05, 0) is 29.8 Å². The molecule has 0 fully saturated rings. The van der Waals surface area contributed by atoms with E-state index >= 15 is 0 Å². The Balaban J connectivity index is 2.01. The average Bonchev–Trinajstić information content (AvgIpc) is 2.46. The molecular weight excluding hydrogens is 244 g/mol. The van der Waals surface area contributed by atoms with E-state index in [0.29, 0.717) is 6.54 Å². The summed E-state index contributed by atoms with van der Waals surface area (Å²) >= 11 is 0. The number of nitrogens with zero attached hydrogens (tertiary/aromatic N) is 1. The minimum absolute atomic E-state index is 0.0275. The van der Waals surface area contributed by atoms with E-state index in [1.807, 2.05) is 24.3 Å². The van der Waals surface area contributed by atoms with Gasteiger partial charge in [0, 0.05) is 18.4 Å². The Morgan fingerprint density at radius 3 is 2.68 bits per heavy atom. The molecule has 19 heavy (non-hydrogen) atoms. The third kappa shape index (κ3) is 3.45. The van der Waals surface area contributed by atoms with Gasteiger partial charge < -0.3 is 15.2 Å². The molecule has 0 aliphatic heterocycles. The Morgan fingerprint density at radius 1 is 1.32 bits per heavy atom. The van der Waals surface area contributed by atoms with E-state index < -0.39 is 5.97 Å². The molecule has 2 rings (SSSR count). The molecule has 1 heterocycles. The summed E-state index contributed by atoms with van der Waals surface area (Å²) in [4.78, 5) is 14.6. The van der Waals surface area contributed by atoms with Gasteiger partial charge in [0.2, 0.25) is 0 Å². The third-order valence-electron chi connectivity index (χ3n) is 2.63. The van der Waals surface area contributed by atoms with Crippen LogP contribution in [-0.4, -0.2) is 23.2 Å². The molecule has 98 valence electrons. The molecule has 0 saturated heterocycles. The first-order valence-corrected chi connectivity index (χ1v) is 5.75. The number of carbonyl (C=O) groups is 1. The van der Waals surface area contributed by atoms with Crippen molar-refractivity contribution in [3.63, 3.8) is 0 Å². The molecule has 5 heteroatoms. The molecule has 2 N–H and O–H groups in total. The number of ether oxygens (including phenoxy) is 1. The van der Waals surface area contributed by atoms with Crippen molar-refractivity contribution in [3.8, 4) is 5.75 Å². The summed E-state index contributed by atoms with van der Waals surface area (Å²) in [6.07, 6.45) is 1.47. The second-order valence-electron chi connectivity index (χ2n) is 3.94. The smallest absolute Gasteiger partial charge is 0.354 e. The van der Waals surface area contributed by atoms with Crippen LogP contribution in [-0.2, 0) is 6.54 Å². The second-order valence-corrected chi connectivity index (χ2v) is 3.94. The van der Waals surface area contributed by atoms with Gasteiger partial charge in [-0.15, -0.1) is 0 Å². The Morgan fingerprint density at radius 2 is 2.05 bits per heavy atom. The van der Waals surface area contributed by atoms with Crippen molar-refractivity contribution in [1.29, 1.82) is 0 Å². The number of hydrogen-bond acceptors (Lipinski definition) is 4. The number of aromatic nitrogens is 1. The molecule has 0 saturated carbocycles. The monoisotopic (exact) mass is 258 g/mol. The van der Waals surface area contributed by atoms with Crippen molar-refractivity contribution in [2.45, 2.75) is 6.54 Å². The van der Waals surface area contributed by atoms with E-state index in [4.69, 9.17) is 9.84 Å². The van der Waals surface area contributed by atoms with Crippen LogP contribution in [0.2, 0.25) is 0 Å². The molecule has 0 aliphatic carbocycles. The Kier molecular flexibility index (Phi) is 3.97. The average molecular weight is 258 g/mol. The standard InChI is InChI=1S/C14H14N2O3/c1-19-12-4-2-10(3-5-12)9-16-11-6-7-15-13(8-11)14(17)18/h2-8H,9H2,1H3,(H,15,16)(H,17,18). The summed E-state index contributed by atoms with van der Waals surface area (Å²) in [5.74, 6) is -0.228. The number of methoxy groups -OCH3 is 1. The van der Waals surface area contributed by atoms with Crippen molar-refractivity contribution in [1.82, 2.24) is 4.98 Å². The van der Waals surface area contributed by atoms with Gasteiger partial charge in [-0.25, -0.2) is 9.78 Å². The van der Waals surface area contributed by atoms with E-state index in [9.17, 15) is 4.79 Å². The van der Waals surface area contributed by atoms with Crippen LogP contribution in [0.5, 0.6) is 5.75 Å². The van der Waals surface area contributed by atoms with Crippen molar-refractivity contribution in [3.05, 3.63) is 53.9 Å². The number of rotatable bonds is 5. The second kappa shape index (κ2) is 5.86. The minimum atomic E-state index is -1.03. The molecule has 1 aromatic heterocycles. The quantitative estimate of drug-likeness (QED) is 0.861. The highest BCUT2D eigenvalue weighted by atomic mass is 16.5. The fourth-order valence-electron chi connectivity index (χ4n) is 1.60. The van der Waals surface area contributed by atoms with E-state index in [-0.39, 0.29) is 5.69 Å². The number of benzene rings is 1. The van der Waals surface area contributed by atoms with Crippen molar-refractivity contribution in [2.24, 2.45) is 0 Å². The number of hydrogen-bond donors (Lipinski definition) is 2. The van der Waals surface area contributed by atoms with Gasteiger partial charge >= 0.3 is 5.97 Å². The van der Waals surface area contributed by atoms with Gasteiger partial charge in [-0.2, -0.15) is 0 Å². The predicted molar refractivity (Wildman–Crippen MR) is 71.5 cm³/mol. The van der Waals surface area contributed by atoms with Crippen LogP contribution in [0.15, 0.2) is 42.6 Å². The minimum Gasteiger partial charge on any atom is -0.497 e. The highest BCUT2D eigenvalue weighted by Gasteiger charge is 2.04. The van der Waals surface area contributed by atoms with Crippen LogP contribution in [0.3, 0.4) is 0 Å². The first-order chi connectivity index (χ1) is 9.19. The summed E-state index contributed by atoms with van der Waals surface area (Å²) in [6.45, 7) is 0.604. The molecule has 0 unspecified atom stereocenters. The maximum atomic E-state index is 10.8. The summed E-state index contributed by atoms with van der Waals surface area (Å²) in [7, 11) is 1.62. The lowest BCUT2D eigenvalue weighted by Crippen LogP contribution is -2.03. The highest BCUT2D eigenvalue weighted by Crippen LogP contribution is 2.14. The molecule has 0 amide bonds. The van der Waals surface area contributed by atoms with Gasteiger partial charge in [0.15, 0.2) is 0 Å². The lowest BCUT2D eigenvalue weighted by Gasteiger charge is -2.07. The fraction of sp³-hybridized carbons (Fsp3) is 0.143. The van der Waals surface area contributed by atoms with Crippen molar-refractivity contribution in [2.75, 3.05) is 12.4 Å². The zero-order chi connectivity index (χ0) is 13.7. The predicted octanol–water partition coefficient (Wildman–Crippen LogP) is 2.40. The van der Waals surface area contributed by atoms with Gasteiger partial charge in [-0.1, -0.05) is 12.1 Å². The zero-order valence-electron chi connectivity index (χ0n) is 10.5. The largest absolute Gasteiger partial charge is 0.497 e.